The van der Waals surface area contributed by atoms with E-state index in [4.69, 9.17) is 4.74 Å². The first-order valence-electron chi connectivity index (χ1n) is 9.64. The highest BCUT2D eigenvalue weighted by atomic mass is 16.5. The average molecular weight is 405 g/mol. The molecule has 2 aliphatic rings. The number of hydrazone groups is 1. The lowest BCUT2D eigenvalue weighted by atomic mass is 10.1. The topological polar surface area (TPSA) is 96.3 Å². The first kappa shape index (κ1) is 19.5. The molecule has 8 nitrogen and oxygen atoms in total. The molecule has 0 saturated carbocycles. The monoisotopic (exact) mass is 405 g/mol. The quantitative estimate of drug-likeness (QED) is 0.418. The van der Waals surface area contributed by atoms with E-state index < -0.39 is 5.97 Å². The van der Waals surface area contributed by atoms with Crippen LogP contribution in [-0.4, -0.2) is 47.5 Å². The highest BCUT2D eigenvalue weighted by Crippen LogP contribution is 2.23. The number of benzene rings is 2. The summed E-state index contributed by atoms with van der Waals surface area (Å²) >= 11 is 0. The van der Waals surface area contributed by atoms with E-state index in [0.717, 1.165) is 4.90 Å². The van der Waals surface area contributed by atoms with Crippen LogP contribution in [0.1, 0.15) is 40.0 Å². The van der Waals surface area contributed by atoms with Crippen LogP contribution in [0, 0.1) is 0 Å². The van der Waals surface area contributed by atoms with Crippen molar-refractivity contribution in [3.8, 4) is 0 Å². The summed E-state index contributed by atoms with van der Waals surface area (Å²) in [7, 11) is 0. The molecule has 0 saturated heterocycles. The van der Waals surface area contributed by atoms with Gasteiger partial charge in [0.15, 0.2) is 0 Å². The molecule has 8 heteroatoms. The number of imide groups is 1. The van der Waals surface area contributed by atoms with Gasteiger partial charge in [0.05, 0.1) is 23.4 Å². The van der Waals surface area contributed by atoms with Gasteiger partial charge in [0.25, 0.3) is 11.8 Å². The maximum atomic E-state index is 12.3. The molecule has 2 aromatic carbocycles. The summed E-state index contributed by atoms with van der Waals surface area (Å²) in [5.74, 6) is -1.47. The third-order valence-electron chi connectivity index (χ3n) is 4.91. The van der Waals surface area contributed by atoms with E-state index >= 15 is 0 Å². The number of rotatable bonds is 6. The van der Waals surface area contributed by atoms with Gasteiger partial charge in [0.1, 0.15) is 5.71 Å². The molecular formula is C22H19N3O5. The molecule has 0 radical (unpaired) electrons. The minimum atomic E-state index is -0.606. The largest absolute Gasteiger partial charge is 0.461 e. The number of nitrogens with zero attached hydrogens (tertiary/aromatic N) is 3. The minimum absolute atomic E-state index is 0.0323. The van der Waals surface area contributed by atoms with Crippen LogP contribution in [0.2, 0.25) is 0 Å². The summed E-state index contributed by atoms with van der Waals surface area (Å²) in [6.07, 6.45) is 0.684. The predicted octanol–water partition coefficient (Wildman–Crippen LogP) is 2.40. The molecule has 2 aromatic rings. The van der Waals surface area contributed by atoms with E-state index in [1.807, 2.05) is 6.07 Å². The Labute approximate surface area is 172 Å². The summed E-state index contributed by atoms with van der Waals surface area (Å²) in [5, 5.41) is 5.35. The van der Waals surface area contributed by atoms with Gasteiger partial charge < -0.3 is 4.74 Å². The molecule has 152 valence electrons. The molecule has 2 aliphatic heterocycles. The van der Waals surface area contributed by atoms with Crippen LogP contribution in [0.15, 0.2) is 59.7 Å². The lowest BCUT2D eigenvalue weighted by Gasteiger charge is -2.22. The molecule has 0 aliphatic carbocycles. The number of ether oxygens (including phenoxy) is 1. The van der Waals surface area contributed by atoms with Crippen molar-refractivity contribution in [2.75, 3.05) is 18.2 Å². The second-order valence-corrected chi connectivity index (χ2v) is 6.88. The van der Waals surface area contributed by atoms with Crippen molar-refractivity contribution in [2.45, 2.75) is 19.3 Å². The number of fused-ring (bicyclic) bond motifs is 1. The van der Waals surface area contributed by atoms with Gasteiger partial charge in [-0.1, -0.05) is 30.3 Å². The smallest absolute Gasteiger partial charge is 0.354 e. The molecule has 0 spiro atoms. The van der Waals surface area contributed by atoms with Crippen LogP contribution in [0.25, 0.3) is 0 Å². The highest BCUT2D eigenvalue weighted by molar-refractivity contribution is 6.38. The van der Waals surface area contributed by atoms with Crippen LogP contribution in [0.3, 0.4) is 0 Å². The standard InChI is InChI=1S/C22H19N3O5/c26-19-12-11-18(23-25(19)15-7-2-1-3-8-15)22(29)30-14-6-13-24-20(27)16-9-4-5-10-17(16)21(24)28/h1-5,7-10H,6,11-14H2. The van der Waals surface area contributed by atoms with E-state index in [9.17, 15) is 19.2 Å². The molecule has 30 heavy (non-hydrogen) atoms. The zero-order chi connectivity index (χ0) is 21.1. The molecule has 2 heterocycles. The van der Waals surface area contributed by atoms with Crippen LogP contribution in [0.4, 0.5) is 5.69 Å². The second kappa shape index (κ2) is 8.28. The molecular weight excluding hydrogens is 386 g/mol. The van der Waals surface area contributed by atoms with E-state index in [1.54, 1.807) is 48.5 Å². The fourth-order valence-electron chi connectivity index (χ4n) is 3.38. The van der Waals surface area contributed by atoms with E-state index in [2.05, 4.69) is 5.10 Å². The van der Waals surface area contributed by atoms with Crippen molar-refractivity contribution in [1.82, 2.24) is 4.90 Å². The van der Waals surface area contributed by atoms with Gasteiger partial charge in [0, 0.05) is 19.4 Å². The first-order valence-corrected chi connectivity index (χ1v) is 9.64. The molecule has 0 fully saturated rings. The summed E-state index contributed by atoms with van der Waals surface area (Å²) in [6, 6.07) is 15.5. The van der Waals surface area contributed by atoms with Crippen LogP contribution >= 0.6 is 0 Å². The molecule has 0 N–H and O–H groups in total. The number of carbonyl (C=O) groups excluding carboxylic acids is 4. The third-order valence-corrected chi connectivity index (χ3v) is 4.91. The third kappa shape index (κ3) is 3.71. The number of carbonyl (C=O) groups is 4. The van der Waals surface area contributed by atoms with Gasteiger partial charge in [-0.2, -0.15) is 5.10 Å². The number of anilines is 1. The number of hydrogen-bond acceptors (Lipinski definition) is 6. The van der Waals surface area contributed by atoms with Crippen molar-refractivity contribution < 1.29 is 23.9 Å². The maximum Gasteiger partial charge on any atom is 0.354 e. The first-order chi connectivity index (χ1) is 14.6. The van der Waals surface area contributed by atoms with Crippen molar-refractivity contribution in [3.63, 3.8) is 0 Å². The van der Waals surface area contributed by atoms with Crippen LogP contribution in [-0.2, 0) is 14.3 Å². The number of amides is 3. The summed E-state index contributed by atoms with van der Waals surface area (Å²) in [5.41, 5.74) is 1.53. The normalized spacial score (nSPS) is 15.9. The lowest BCUT2D eigenvalue weighted by molar-refractivity contribution is -0.135. The minimum Gasteiger partial charge on any atom is -0.461 e. The molecule has 0 atom stereocenters. The summed E-state index contributed by atoms with van der Waals surface area (Å²) in [4.78, 5) is 50.3. The van der Waals surface area contributed by atoms with Gasteiger partial charge in [-0.05, 0) is 30.7 Å². The fourth-order valence-corrected chi connectivity index (χ4v) is 3.38. The summed E-state index contributed by atoms with van der Waals surface area (Å²) < 4.78 is 5.25. The Balaban J connectivity index is 1.32. The Kier molecular flexibility index (Phi) is 5.38. The molecule has 4 rings (SSSR count). The number of hydrogen-bond donors (Lipinski definition) is 0. The van der Waals surface area contributed by atoms with Crippen LogP contribution in [0.5, 0.6) is 0 Å². The molecule has 0 unspecified atom stereocenters. The fraction of sp³-hybridized carbons (Fsp3) is 0.227. The van der Waals surface area contributed by atoms with Gasteiger partial charge in [-0.15, -0.1) is 0 Å². The van der Waals surface area contributed by atoms with Crippen molar-refractivity contribution >= 4 is 35.1 Å². The van der Waals surface area contributed by atoms with Gasteiger partial charge >= 0.3 is 5.97 Å². The number of para-hydroxylation sites is 1. The SMILES string of the molecule is O=C(OCCCN1C(=O)c2ccccc2C1=O)C1=NN(c2ccccc2)C(=O)CC1. The maximum absolute atomic E-state index is 12.3. The van der Waals surface area contributed by atoms with E-state index in [0.29, 0.717) is 23.2 Å². The zero-order valence-corrected chi connectivity index (χ0v) is 16.1. The van der Waals surface area contributed by atoms with E-state index in [-0.39, 0.29) is 49.4 Å². The molecule has 0 bridgehead atoms. The van der Waals surface area contributed by atoms with Crippen LogP contribution < -0.4 is 5.01 Å². The Bertz CT molecular complexity index is 1010. The van der Waals surface area contributed by atoms with Crippen molar-refractivity contribution in [3.05, 3.63) is 65.7 Å². The Hall–Kier alpha value is -3.81. The summed E-state index contributed by atoms with van der Waals surface area (Å²) in [6.45, 7) is 0.186. The molecule has 3 amide bonds. The Morgan fingerprint density at radius 1 is 0.900 bits per heavy atom. The second-order valence-electron chi connectivity index (χ2n) is 6.88. The number of esters is 1. The average Bonchev–Trinajstić information content (AvgIpc) is 3.02. The Morgan fingerprint density at radius 2 is 1.53 bits per heavy atom. The highest BCUT2D eigenvalue weighted by Gasteiger charge is 2.34. The van der Waals surface area contributed by atoms with Crippen molar-refractivity contribution in [1.29, 1.82) is 0 Å². The lowest BCUT2D eigenvalue weighted by Crippen LogP contribution is -2.35. The zero-order valence-electron chi connectivity index (χ0n) is 16.1. The van der Waals surface area contributed by atoms with Gasteiger partial charge in [-0.25, -0.2) is 9.80 Å². The van der Waals surface area contributed by atoms with Gasteiger partial charge in [-0.3, -0.25) is 19.3 Å². The van der Waals surface area contributed by atoms with Gasteiger partial charge in [0.2, 0.25) is 5.91 Å². The molecule has 0 aromatic heterocycles. The van der Waals surface area contributed by atoms with Crippen molar-refractivity contribution in [2.24, 2.45) is 5.10 Å². The van der Waals surface area contributed by atoms with E-state index in [1.165, 1.54) is 5.01 Å². The predicted molar refractivity (Wildman–Crippen MR) is 108 cm³/mol. The Morgan fingerprint density at radius 3 is 2.20 bits per heavy atom.